The van der Waals surface area contributed by atoms with Crippen LogP contribution < -0.4 is 10.9 Å². The van der Waals surface area contributed by atoms with Crippen LogP contribution >= 0.6 is 0 Å². The molecule has 146 valence electrons. The minimum Gasteiger partial charge on any atom is -0.451 e. The molecule has 0 atom stereocenters. The highest BCUT2D eigenvalue weighted by Crippen LogP contribution is 2.19. The van der Waals surface area contributed by atoms with Crippen molar-refractivity contribution in [1.29, 1.82) is 0 Å². The summed E-state index contributed by atoms with van der Waals surface area (Å²) in [4.78, 5) is 48.2. The van der Waals surface area contributed by atoms with Gasteiger partial charge in [-0.1, -0.05) is 42.5 Å². The second-order valence-corrected chi connectivity index (χ2v) is 6.05. The number of benzene rings is 2. The molecule has 0 saturated heterocycles. The van der Waals surface area contributed by atoms with Crippen LogP contribution in [0.5, 0.6) is 0 Å². The first-order chi connectivity index (χ1) is 14.0. The van der Waals surface area contributed by atoms with Crippen LogP contribution in [0.25, 0.3) is 0 Å². The van der Waals surface area contributed by atoms with E-state index < -0.39 is 18.5 Å². The molecule has 0 saturated carbocycles. The molecular formula is C21H17N3O5. The van der Waals surface area contributed by atoms with Gasteiger partial charge in [-0.15, -0.1) is 0 Å². The molecule has 0 aliphatic rings. The summed E-state index contributed by atoms with van der Waals surface area (Å²) >= 11 is 0. The first kappa shape index (κ1) is 19.7. The SMILES string of the molecule is Cn1nc(C(=O)OCC(=O)Nc2ccccc2C(=O)c2ccccc2)ccc1=O. The summed E-state index contributed by atoms with van der Waals surface area (Å²) in [5.41, 5.74) is 0.640. The molecule has 1 N–H and O–H groups in total. The highest BCUT2D eigenvalue weighted by Gasteiger charge is 2.16. The molecule has 29 heavy (non-hydrogen) atoms. The Morgan fingerprint density at radius 3 is 2.38 bits per heavy atom. The molecule has 8 heteroatoms. The van der Waals surface area contributed by atoms with E-state index in [1.165, 1.54) is 19.2 Å². The Morgan fingerprint density at radius 2 is 1.66 bits per heavy atom. The molecule has 1 heterocycles. The van der Waals surface area contributed by atoms with Gasteiger partial charge >= 0.3 is 5.97 Å². The molecule has 0 aliphatic carbocycles. The number of nitrogens with one attached hydrogen (secondary N) is 1. The Kier molecular flexibility index (Phi) is 5.94. The normalized spacial score (nSPS) is 10.2. The first-order valence-electron chi connectivity index (χ1n) is 8.66. The summed E-state index contributed by atoms with van der Waals surface area (Å²) in [5, 5.41) is 6.33. The van der Waals surface area contributed by atoms with Crippen LogP contribution in [0.4, 0.5) is 5.69 Å². The maximum absolute atomic E-state index is 12.7. The molecule has 2 aromatic carbocycles. The van der Waals surface area contributed by atoms with Gasteiger partial charge in [-0.3, -0.25) is 14.4 Å². The quantitative estimate of drug-likeness (QED) is 0.507. The van der Waals surface area contributed by atoms with Crippen molar-refractivity contribution >= 4 is 23.3 Å². The number of amides is 1. The van der Waals surface area contributed by atoms with E-state index in [0.29, 0.717) is 16.8 Å². The van der Waals surface area contributed by atoms with Crippen molar-refractivity contribution in [1.82, 2.24) is 9.78 Å². The smallest absolute Gasteiger partial charge is 0.359 e. The van der Waals surface area contributed by atoms with Gasteiger partial charge in [0.25, 0.3) is 11.5 Å². The number of esters is 1. The third-order valence-corrected chi connectivity index (χ3v) is 3.99. The van der Waals surface area contributed by atoms with Gasteiger partial charge in [0.1, 0.15) is 0 Å². The zero-order chi connectivity index (χ0) is 20.8. The van der Waals surface area contributed by atoms with E-state index in [0.717, 1.165) is 4.68 Å². The Hall–Kier alpha value is -4.07. The standard InChI is InChI=1S/C21H17N3O5/c1-24-19(26)12-11-17(23-24)21(28)29-13-18(25)22-16-10-6-5-9-15(16)20(27)14-7-3-2-4-8-14/h2-12H,13H2,1H3,(H,22,25). The van der Waals surface area contributed by atoms with Gasteiger partial charge < -0.3 is 10.1 Å². The topological polar surface area (TPSA) is 107 Å². The molecule has 8 nitrogen and oxygen atoms in total. The fourth-order valence-electron chi connectivity index (χ4n) is 2.54. The number of aromatic nitrogens is 2. The molecule has 0 radical (unpaired) electrons. The van der Waals surface area contributed by atoms with E-state index in [1.807, 2.05) is 0 Å². The van der Waals surface area contributed by atoms with Crippen LogP contribution in [-0.2, 0) is 16.6 Å². The predicted octanol–water partition coefficient (Wildman–Crippen LogP) is 1.81. The average Bonchev–Trinajstić information content (AvgIpc) is 2.74. The number of carbonyl (C=O) groups is 3. The zero-order valence-electron chi connectivity index (χ0n) is 15.5. The van der Waals surface area contributed by atoms with Gasteiger partial charge in [0.05, 0.1) is 5.69 Å². The van der Waals surface area contributed by atoms with Crippen molar-refractivity contribution in [2.24, 2.45) is 7.05 Å². The summed E-state index contributed by atoms with van der Waals surface area (Å²) in [6.45, 7) is -0.572. The third kappa shape index (κ3) is 4.81. The maximum Gasteiger partial charge on any atom is 0.359 e. The van der Waals surface area contributed by atoms with Crippen LogP contribution in [-0.4, -0.2) is 34.0 Å². The monoisotopic (exact) mass is 391 g/mol. The molecule has 3 aromatic rings. The van der Waals surface area contributed by atoms with Crippen molar-refractivity contribution in [3.63, 3.8) is 0 Å². The van der Waals surface area contributed by atoms with Crippen molar-refractivity contribution in [3.05, 3.63) is 93.9 Å². The molecular weight excluding hydrogens is 374 g/mol. The summed E-state index contributed by atoms with van der Waals surface area (Å²) < 4.78 is 5.92. The number of rotatable bonds is 6. The number of hydrogen-bond donors (Lipinski definition) is 1. The number of ketones is 1. The number of anilines is 1. The number of aryl methyl sites for hydroxylation is 1. The molecule has 0 aliphatic heterocycles. The van der Waals surface area contributed by atoms with Crippen LogP contribution in [0.15, 0.2) is 71.5 Å². The Labute approximate surface area is 165 Å². The molecule has 0 unspecified atom stereocenters. The van der Waals surface area contributed by atoms with E-state index in [4.69, 9.17) is 4.74 Å². The fraction of sp³-hybridized carbons (Fsp3) is 0.0952. The van der Waals surface area contributed by atoms with Crippen LogP contribution in [0, 0.1) is 0 Å². The van der Waals surface area contributed by atoms with E-state index in [9.17, 15) is 19.2 Å². The highest BCUT2D eigenvalue weighted by molar-refractivity contribution is 6.13. The summed E-state index contributed by atoms with van der Waals surface area (Å²) in [7, 11) is 1.40. The van der Waals surface area contributed by atoms with Crippen LogP contribution in [0.3, 0.4) is 0 Å². The van der Waals surface area contributed by atoms with Gasteiger partial charge in [0, 0.05) is 24.2 Å². The number of hydrogen-bond acceptors (Lipinski definition) is 6. The molecule has 1 amide bonds. The molecule has 0 fully saturated rings. The Balaban J connectivity index is 1.67. The predicted molar refractivity (Wildman–Crippen MR) is 105 cm³/mol. The minimum atomic E-state index is -0.843. The van der Waals surface area contributed by atoms with E-state index >= 15 is 0 Å². The van der Waals surface area contributed by atoms with E-state index in [-0.39, 0.29) is 17.0 Å². The summed E-state index contributed by atoms with van der Waals surface area (Å²) in [6.07, 6.45) is 0. The lowest BCUT2D eigenvalue weighted by Crippen LogP contribution is -2.25. The number of nitrogens with zero attached hydrogens (tertiary/aromatic N) is 2. The largest absolute Gasteiger partial charge is 0.451 e. The first-order valence-corrected chi connectivity index (χ1v) is 8.66. The van der Waals surface area contributed by atoms with Gasteiger partial charge in [-0.25, -0.2) is 9.48 Å². The van der Waals surface area contributed by atoms with Gasteiger partial charge in [0.2, 0.25) is 0 Å². The fourth-order valence-corrected chi connectivity index (χ4v) is 2.54. The lowest BCUT2D eigenvalue weighted by atomic mass is 10.0. The van der Waals surface area contributed by atoms with Gasteiger partial charge in [-0.05, 0) is 18.2 Å². The molecule has 0 spiro atoms. The molecule has 1 aromatic heterocycles. The number of carbonyl (C=O) groups excluding carboxylic acids is 3. The maximum atomic E-state index is 12.7. The lowest BCUT2D eigenvalue weighted by Gasteiger charge is -2.11. The Bertz CT molecular complexity index is 1120. The molecule has 3 rings (SSSR count). The highest BCUT2D eigenvalue weighted by atomic mass is 16.5. The number of ether oxygens (including phenoxy) is 1. The summed E-state index contributed by atoms with van der Waals surface area (Å²) in [5.74, 6) is -1.70. The number of para-hydroxylation sites is 1. The van der Waals surface area contributed by atoms with Crippen molar-refractivity contribution in [2.45, 2.75) is 0 Å². The molecule has 0 bridgehead atoms. The van der Waals surface area contributed by atoms with Gasteiger partial charge in [0.15, 0.2) is 18.1 Å². The zero-order valence-corrected chi connectivity index (χ0v) is 15.5. The minimum absolute atomic E-state index is 0.0976. The van der Waals surface area contributed by atoms with Crippen molar-refractivity contribution < 1.29 is 19.1 Å². The van der Waals surface area contributed by atoms with Gasteiger partial charge in [-0.2, -0.15) is 5.10 Å². The average molecular weight is 391 g/mol. The van der Waals surface area contributed by atoms with Crippen molar-refractivity contribution in [3.8, 4) is 0 Å². The lowest BCUT2D eigenvalue weighted by molar-refractivity contribution is -0.119. The third-order valence-electron chi connectivity index (χ3n) is 3.99. The summed E-state index contributed by atoms with van der Waals surface area (Å²) in [6, 6.07) is 17.6. The van der Waals surface area contributed by atoms with E-state index in [1.54, 1.807) is 54.6 Å². The van der Waals surface area contributed by atoms with Crippen LogP contribution in [0.2, 0.25) is 0 Å². The van der Waals surface area contributed by atoms with Crippen LogP contribution in [0.1, 0.15) is 26.4 Å². The van der Waals surface area contributed by atoms with E-state index in [2.05, 4.69) is 10.4 Å². The second kappa shape index (κ2) is 8.75. The van der Waals surface area contributed by atoms with Crippen molar-refractivity contribution in [2.75, 3.05) is 11.9 Å². The second-order valence-electron chi connectivity index (χ2n) is 6.05. The Morgan fingerprint density at radius 1 is 0.966 bits per heavy atom.